The third kappa shape index (κ3) is 4.14. The van der Waals surface area contributed by atoms with Crippen molar-refractivity contribution in [1.29, 1.82) is 0 Å². The summed E-state index contributed by atoms with van der Waals surface area (Å²) in [6, 6.07) is 9.96. The average Bonchev–Trinajstić information content (AvgIpc) is 2.66. The Kier molecular flexibility index (Phi) is 5.94. The first-order chi connectivity index (χ1) is 13.3. The van der Waals surface area contributed by atoms with Gasteiger partial charge in [-0.25, -0.2) is 0 Å². The maximum Gasteiger partial charge on any atom is 0.313 e. The molecule has 1 N–H and O–H groups in total. The summed E-state index contributed by atoms with van der Waals surface area (Å²) in [5.41, 5.74) is 6.05. The topological polar surface area (TPSA) is 52.7 Å². The molecule has 0 spiro atoms. The Balaban J connectivity index is 1.64. The molecule has 2 amide bonds. The number of hydrogen-bond donors (Lipinski definition) is 1. The Labute approximate surface area is 171 Å². The van der Waals surface area contributed by atoms with Crippen LogP contribution in [0.5, 0.6) is 0 Å². The van der Waals surface area contributed by atoms with Gasteiger partial charge in [0, 0.05) is 31.9 Å². The number of carbonyl (C=O) groups excluding carboxylic acids is 2. The van der Waals surface area contributed by atoms with Gasteiger partial charge in [0.05, 0.1) is 10.7 Å². The molecule has 1 fully saturated rings. The third-order valence-electron chi connectivity index (χ3n) is 5.35. The molecule has 28 heavy (non-hydrogen) atoms. The van der Waals surface area contributed by atoms with Gasteiger partial charge in [-0.3, -0.25) is 9.59 Å². The zero-order valence-corrected chi connectivity index (χ0v) is 17.6. The summed E-state index contributed by atoms with van der Waals surface area (Å²) in [6.07, 6.45) is 0. The standard InChI is InChI=1S/C22H26ClN3O2/c1-14-12-16(3)20(18(23)13-14)24-21(27)22(28)26-10-8-25(9-11-26)19-7-5-6-15(2)17(19)4/h5-7,12-13H,8-11H2,1-4H3,(H,24,27). The molecule has 0 saturated carbocycles. The van der Waals surface area contributed by atoms with Crippen LogP contribution in [-0.2, 0) is 9.59 Å². The summed E-state index contributed by atoms with van der Waals surface area (Å²) in [5.74, 6) is -1.16. The zero-order chi connectivity index (χ0) is 20.4. The zero-order valence-electron chi connectivity index (χ0n) is 16.8. The van der Waals surface area contributed by atoms with Gasteiger partial charge in [0.1, 0.15) is 0 Å². The number of anilines is 2. The molecule has 148 valence electrons. The fraction of sp³-hybridized carbons (Fsp3) is 0.364. The molecule has 0 atom stereocenters. The fourth-order valence-electron chi connectivity index (χ4n) is 3.61. The lowest BCUT2D eigenvalue weighted by Crippen LogP contribution is -2.51. The Morgan fingerprint density at radius 1 is 0.964 bits per heavy atom. The Hall–Kier alpha value is -2.53. The first-order valence-electron chi connectivity index (χ1n) is 9.46. The van der Waals surface area contributed by atoms with Crippen LogP contribution in [0.4, 0.5) is 11.4 Å². The maximum absolute atomic E-state index is 12.6. The SMILES string of the molecule is Cc1cc(C)c(NC(=O)C(=O)N2CCN(c3cccc(C)c3C)CC2)c(Cl)c1. The lowest BCUT2D eigenvalue weighted by Gasteiger charge is -2.36. The van der Waals surface area contributed by atoms with Crippen molar-refractivity contribution in [2.75, 3.05) is 36.4 Å². The van der Waals surface area contributed by atoms with E-state index in [1.807, 2.05) is 19.9 Å². The van der Waals surface area contributed by atoms with Crippen molar-refractivity contribution >= 4 is 34.8 Å². The molecule has 1 saturated heterocycles. The first kappa shape index (κ1) is 20.2. The summed E-state index contributed by atoms with van der Waals surface area (Å²) in [7, 11) is 0. The summed E-state index contributed by atoms with van der Waals surface area (Å²) in [6.45, 7) is 10.4. The molecule has 0 radical (unpaired) electrons. The molecule has 2 aromatic rings. The van der Waals surface area contributed by atoms with E-state index in [2.05, 4.69) is 42.3 Å². The highest BCUT2D eigenvalue weighted by molar-refractivity contribution is 6.41. The van der Waals surface area contributed by atoms with Gasteiger partial charge in [0.2, 0.25) is 0 Å². The third-order valence-corrected chi connectivity index (χ3v) is 5.65. The average molecular weight is 400 g/mol. The normalized spacial score (nSPS) is 14.2. The van der Waals surface area contributed by atoms with E-state index < -0.39 is 11.8 Å². The minimum absolute atomic E-state index is 0.443. The van der Waals surface area contributed by atoms with Crippen molar-refractivity contribution in [2.45, 2.75) is 27.7 Å². The maximum atomic E-state index is 12.6. The van der Waals surface area contributed by atoms with Crippen LogP contribution in [-0.4, -0.2) is 42.9 Å². The molecule has 1 aliphatic rings. The lowest BCUT2D eigenvalue weighted by atomic mass is 10.1. The van der Waals surface area contributed by atoms with E-state index in [1.54, 1.807) is 11.0 Å². The van der Waals surface area contributed by atoms with Gasteiger partial charge in [-0.15, -0.1) is 0 Å². The number of nitrogens with zero attached hydrogens (tertiary/aromatic N) is 2. The Morgan fingerprint density at radius 3 is 2.29 bits per heavy atom. The monoisotopic (exact) mass is 399 g/mol. The van der Waals surface area contributed by atoms with E-state index in [-0.39, 0.29) is 0 Å². The number of hydrogen-bond acceptors (Lipinski definition) is 3. The van der Waals surface area contributed by atoms with Crippen molar-refractivity contribution in [3.63, 3.8) is 0 Å². The van der Waals surface area contributed by atoms with Crippen LogP contribution < -0.4 is 10.2 Å². The Bertz CT molecular complexity index is 895. The van der Waals surface area contributed by atoms with Crippen molar-refractivity contribution < 1.29 is 9.59 Å². The first-order valence-corrected chi connectivity index (χ1v) is 9.84. The highest BCUT2D eigenvalue weighted by atomic mass is 35.5. The number of aryl methyl sites for hydroxylation is 3. The molecule has 0 aromatic heterocycles. The van der Waals surface area contributed by atoms with Crippen LogP contribution in [0, 0.1) is 27.7 Å². The number of nitrogens with one attached hydrogen (secondary N) is 1. The minimum Gasteiger partial charge on any atom is -0.368 e. The van der Waals surface area contributed by atoms with Gasteiger partial charge < -0.3 is 15.1 Å². The molecule has 1 aliphatic heterocycles. The van der Waals surface area contributed by atoms with Gasteiger partial charge in [-0.1, -0.05) is 29.8 Å². The van der Waals surface area contributed by atoms with Gasteiger partial charge in [0.25, 0.3) is 0 Å². The number of carbonyl (C=O) groups is 2. The van der Waals surface area contributed by atoms with Crippen LogP contribution in [0.25, 0.3) is 0 Å². The van der Waals surface area contributed by atoms with Crippen LogP contribution in [0.3, 0.4) is 0 Å². The molecule has 0 aliphatic carbocycles. The van der Waals surface area contributed by atoms with E-state index >= 15 is 0 Å². The van der Waals surface area contributed by atoms with Crippen molar-refractivity contribution in [2.24, 2.45) is 0 Å². The predicted molar refractivity (Wildman–Crippen MR) is 114 cm³/mol. The molecule has 5 nitrogen and oxygen atoms in total. The minimum atomic E-state index is -0.644. The molecule has 0 bridgehead atoms. The summed E-state index contributed by atoms with van der Waals surface area (Å²) in [4.78, 5) is 29.0. The highest BCUT2D eigenvalue weighted by Gasteiger charge is 2.27. The van der Waals surface area contributed by atoms with Crippen LogP contribution in [0.1, 0.15) is 22.3 Å². The predicted octanol–water partition coefficient (Wildman–Crippen LogP) is 3.86. The molecular formula is C22H26ClN3O2. The van der Waals surface area contributed by atoms with Gasteiger partial charge in [-0.05, 0) is 62.1 Å². The summed E-state index contributed by atoms with van der Waals surface area (Å²) in [5, 5.41) is 3.13. The number of piperazine rings is 1. The number of rotatable bonds is 2. The summed E-state index contributed by atoms with van der Waals surface area (Å²) < 4.78 is 0. The smallest absolute Gasteiger partial charge is 0.313 e. The molecule has 0 unspecified atom stereocenters. The number of benzene rings is 2. The quantitative estimate of drug-likeness (QED) is 0.780. The highest BCUT2D eigenvalue weighted by Crippen LogP contribution is 2.27. The van der Waals surface area contributed by atoms with Crippen molar-refractivity contribution in [1.82, 2.24) is 4.90 Å². The second-order valence-corrected chi connectivity index (χ2v) is 7.80. The van der Waals surface area contributed by atoms with Crippen LogP contribution >= 0.6 is 11.6 Å². The van der Waals surface area contributed by atoms with E-state index in [0.29, 0.717) is 36.9 Å². The molecule has 2 aromatic carbocycles. The Morgan fingerprint density at radius 2 is 1.64 bits per heavy atom. The van der Waals surface area contributed by atoms with E-state index in [4.69, 9.17) is 11.6 Å². The van der Waals surface area contributed by atoms with Crippen molar-refractivity contribution in [3.05, 3.63) is 57.6 Å². The largest absolute Gasteiger partial charge is 0.368 e. The van der Waals surface area contributed by atoms with Gasteiger partial charge in [-0.2, -0.15) is 0 Å². The van der Waals surface area contributed by atoms with Gasteiger partial charge >= 0.3 is 11.8 Å². The molecule has 6 heteroatoms. The summed E-state index contributed by atoms with van der Waals surface area (Å²) >= 11 is 6.24. The number of amides is 2. The van der Waals surface area contributed by atoms with E-state index in [1.165, 1.54) is 16.8 Å². The van der Waals surface area contributed by atoms with Crippen LogP contribution in [0.2, 0.25) is 5.02 Å². The van der Waals surface area contributed by atoms with Crippen molar-refractivity contribution in [3.8, 4) is 0 Å². The second kappa shape index (κ2) is 8.23. The molecular weight excluding hydrogens is 374 g/mol. The lowest BCUT2D eigenvalue weighted by molar-refractivity contribution is -0.143. The fourth-order valence-corrected chi connectivity index (χ4v) is 3.98. The van der Waals surface area contributed by atoms with Crippen LogP contribution in [0.15, 0.2) is 30.3 Å². The van der Waals surface area contributed by atoms with E-state index in [0.717, 1.165) is 11.1 Å². The van der Waals surface area contributed by atoms with Gasteiger partial charge in [0.15, 0.2) is 0 Å². The van der Waals surface area contributed by atoms with E-state index in [9.17, 15) is 9.59 Å². The number of halogens is 1. The second-order valence-electron chi connectivity index (χ2n) is 7.39. The molecule has 1 heterocycles. The molecule has 3 rings (SSSR count).